The summed E-state index contributed by atoms with van der Waals surface area (Å²) < 4.78 is 5.26. The minimum Gasteiger partial charge on any atom is -0.465 e. The zero-order valence-electron chi connectivity index (χ0n) is 19.8. The van der Waals surface area contributed by atoms with Crippen LogP contribution in [0.4, 0.5) is 0 Å². The molecule has 1 aliphatic heterocycles. The fourth-order valence-electron chi connectivity index (χ4n) is 4.94. The Morgan fingerprint density at radius 2 is 1.73 bits per heavy atom. The Balaban J connectivity index is 2.21. The minimum atomic E-state index is -0.341. The summed E-state index contributed by atoms with van der Waals surface area (Å²) in [6, 6.07) is -0.341. The van der Waals surface area contributed by atoms with Gasteiger partial charge in [0.2, 0.25) is 5.91 Å². The highest BCUT2D eigenvalue weighted by molar-refractivity contribution is 5.90. The Hall–Kier alpha value is -1.65. The number of carbonyl (C=O) groups excluding carboxylic acids is 3. The molecule has 2 aliphatic rings. The normalized spacial score (nSPS) is 24.2. The molecule has 170 valence electrons. The lowest BCUT2D eigenvalue weighted by molar-refractivity contribution is -0.144. The molecule has 2 fully saturated rings. The molecule has 0 radical (unpaired) electrons. The standard InChI is InChI=1S/C25H41NO4/c1-18(2)16-30-22(28)12-10-11-20(25(6)13-8-7-9-14-25)23(29)26-17-24(4,5)15-21(26)19(3)27/h10-11,18,20-21H,7-9,12-17H2,1-6H3/b11-10+/t20-,21+/m1/s1. The first-order chi connectivity index (χ1) is 13.9. The van der Waals surface area contributed by atoms with E-state index in [1.807, 2.05) is 24.8 Å². The lowest BCUT2D eigenvalue weighted by atomic mass is 9.66. The van der Waals surface area contributed by atoms with Gasteiger partial charge in [-0.25, -0.2) is 0 Å². The lowest BCUT2D eigenvalue weighted by Crippen LogP contribution is -2.47. The second-order valence-corrected chi connectivity index (χ2v) is 10.9. The third kappa shape index (κ3) is 6.42. The molecular weight excluding hydrogens is 378 g/mol. The number of rotatable bonds is 8. The number of likely N-dealkylation sites (tertiary alicyclic amines) is 1. The van der Waals surface area contributed by atoms with Crippen LogP contribution in [0, 0.1) is 22.7 Å². The lowest BCUT2D eigenvalue weighted by Gasteiger charge is -2.41. The van der Waals surface area contributed by atoms with Crippen molar-refractivity contribution in [3.63, 3.8) is 0 Å². The van der Waals surface area contributed by atoms with Gasteiger partial charge in [0.15, 0.2) is 5.78 Å². The van der Waals surface area contributed by atoms with Gasteiger partial charge in [0.1, 0.15) is 0 Å². The topological polar surface area (TPSA) is 63.7 Å². The third-order valence-electron chi connectivity index (χ3n) is 6.68. The van der Waals surface area contributed by atoms with Gasteiger partial charge < -0.3 is 9.64 Å². The van der Waals surface area contributed by atoms with Crippen molar-refractivity contribution < 1.29 is 19.1 Å². The number of nitrogens with zero attached hydrogens (tertiary/aromatic N) is 1. The van der Waals surface area contributed by atoms with E-state index in [4.69, 9.17) is 4.74 Å². The van der Waals surface area contributed by atoms with Crippen LogP contribution in [0.1, 0.15) is 86.5 Å². The van der Waals surface area contributed by atoms with Crippen LogP contribution in [-0.2, 0) is 19.1 Å². The number of ether oxygens (including phenoxy) is 1. The molecule has 0 N–H and O–H groups in total. The SMILES string of the molecule is CC(=O)[C@@H]1CC(C)(C)CN1C(=O)[C@@H](/C=C/CC(=O)OCC(C)C)C1(C)CCCCC1. The third-order valence-corrected chi connectivity index (χ3v) is 6.68. The van der Waals surface area contributed by atoms with Crippen LogP contribution in [0.2, 0.25) is 0 Å². The van der Waals surface area contributed by atoms with E-state index in [0.717, 1.165) is 25.7 Å². The van der Waals surface area contributed by atoms with E-state index in [9.17, 15) is 14.4 Å². The highest BCUT2D eigenvalue weighted by Gasteiger charge is 2.47. The van der Waals surface area contributed by atoms with Crippen LogP contribution >= 0.6 is 0 Å². The van der Waals surface area contributed by atoms with Crippen molar-refractivity contribution >= 4 is 17.7 Å². The van der Waals surface area contributed by atoms with Crippen molar-refractivity contribution in [2.45, 2.75) is 92.5 Å². The largest absolute Gasteiger partial charge is 0.465 e. The van der Waals surface area contributed by atoms with Gasteiger partial charge in [0, 0.05) is 6.54 Å². The van der Waals surface area contributed by atoms with Crippen LogP contribution in [0.25, 0.3) is 0 Å². The average molecular weight is 420 g/mol. The molecule has 30 heavy (non-hydrogen) atoms. The molecule has 2 atom stereocenters. The Kier molecular flexibility index (Phi) is 8.29. The van der Waals surface area contributed by atoms with Gasteiger partial charge in [-0.15, -0.1) is 0 Å². The van der Waals surface area contributed by atoms with Crippen molar-refractivity contribution in [3.8, 4) is 0 Å². The number of hydrogen-bond donors (Lipinski definition) is 0. The molecule has 0 aromatic rings. The van der Waals surface area contributed by atoms with E-state index in [0.29, 0.717) is 25.5 Å². The van der Waals surface area contributed by atoms with Gasteiger partial charge in [-0.3, -0.25) is 14.4 Å². The van der Waals surface area contributed by atoms with Gasteiger partial charge in [-0.2, -0.15) is 0 Å². The van der Waals surface area contributed by atoms with E-state index in [1.165, 1.54) is 6.42 Å². The minimum absolute atomic E-state index is 0.0389. The smallest absolute Gasteiger partial charge is 0.309 e. The van der Waals surface area contributed by atoms with E-state index in [1.54, 1.807) is 13.0 Å². The van der Waals surface area contributed by atoms with Crippen LogP contribution in [0.5, 0.6) is 0 Å². The number of hydrogen-bond acceptors (Lipinski definition) is 4. The maximum Gasteiger partial charge on any atom is 0.309 e. The number of ketones is 1. The molecule has 0 bridgehead atoms. The molecular formula is C25H41NO4. The highest BCUT2D eigenvalue weighted by atomic mass is 16.5. The van der Waals surface area contributed by atoms with Crippen molar-refractivity contribution in [3.05, 3.63) is 12.2 Å². The van der Waals surface area contributed by atoms with Gasteiger partial charge >= 0.3 is 5.97 Å². The van der Waals surface area contributed by atoms with E-state index in [-0.39, 0.29) is 46.9 Å². The summed E-state index contributed by atoms with van der Waals surface area (Å²) in [7, 11) is 0. The number of carbonyl (C=O) groups is 3. The second-order valence-electron chi connectivity index (χ2n) is 10.9. The Bertz CT molecular complexity index is 658. The molecule has 0 spiro atoms. The van der Waals surface area contributed by atoms with Crippen LogP contribution in [0.3, 0.4) is 0 Å². The highest BCUT2D eigenvalue weighted by Crippen LogP contribution is 2.45. The summed E-state index contributed by atoms with van der Waals surface area (Å²) in [6.07, 6.45) is 10.0. The number of amides is 1. The van der Waals surface area contributed by atoms with Crippen molar-refractivity contribution in [2.75, 3.05) is 13.2 Å². The first kappa shape index (κ1) is 24.6. The van der Waals surface area contributed by atoms with Gasteiger partial charge in [0.05, 0.1) is 25.0 Å². The molecule has 1 heterocycles. The molecule has 0 aromatic carbocycles. The summed E-state index contributed by atoms with van der Waals surface area (Å²) in [5, 5.41) is 0. The average Bonchev–Trinajstić information content (AvgIpc) is 2.99. The Morgan fingerprint density at radius 3 is 2.30 bits per heavy atom. The molecule has 5 nitrogen and oxygen atoms in total. The van der Waals surface area contributed by atoms with Gasteiger partial charge in [-0.1, -0.05) is 66.0 Å². The molecule has 1 saturated carbocycles. The number of Topliss-reactive ketones (excluding diaryl/α,β-unsaturated/α-hetero) is 1. The first-order valence-corrected chi connectivity index (χ1v) is 11.6. The predicted octanol–water partition coefficient (Wildman–Crippen LogP) is 4.93. The van der Waals surface area contributed by atoms with Crippen LogP contribution in [-0.4, -0.2) is 41.8 Å². The number of esters is 1. The predicted molar refractivity (Wildman–Crippen MR) is 119 cm³/mol. The van der Waals surface area contributed by atoms with Crippen LogP contribution in [0.15, 0.2) is 12.2 Å². The van der Waals surface area contributed by atoms with Crippen LogP contribution < -0.4 is 0 Å². The summed E-state index contributed by atoms with van der Waals surface area (Å²) in [5.74, 6) is -0.176. The van der Waals surface area contributed by atoms with Gasteiger partial charge in [0.25, 0.3) is 0 Å². The van der Waals surface area contributed by atoms with Gasteiger partial charge in [-0.05, 0) is 42.9 Å². The fraction of sp³-hybridized carbons (Fsp3) is 0.800. The van der Waals surface area contributed by atoms with E-state index >= 15 is 0 Å². The Morgan fingerprint density at radius 1 is 1.10 bits per heavy atom. The maximum atomic E-state index is 13.7. The molecule has 1 aliphatic carbocycles. The fourth-order valence-corrected chi connectivity index (χ4v) is 4.94. The van der Waals surface area contributed by atoms with E-state index in [2.05, 4.69) is 20.8 Å². The quantitative estimate of drug-likeness (QED) is 0.413. The second kappa shape index (κ2) is 10.1. The van der Waals surface area contributed by atoms with Crippen molar-refractivity contribution in [1.82, 2.24) is 4.90 Å². The summed E-state index contributed by atoms with van der Waals surface area (Å²) in [4.78, 5) is 39.9. The molecule has 2 rings (SSSR count). The molecule has 0 unspecified atom stereocenters. The Labute approximate surface area is 182 Å². The maximum absolute atomic E-state index is 13.7. The molecule has 5 heteroatoms. The first-order valence-electron chi connectivity index (χ1n) is 11.6. The summed E-state index contributed by atoms with van der Waals surface area (Å²) >= 11 is 0. The monoisotopic (exact) mass is 419 g/mol. The van der Waals surface area contributed by atoms with Crippen molar-refractivity contribution in [2.24, 2.45) is 22.7 Å². The molecule has 1 amide bonds. The molecule has 1 saturated heterocycles. The van der Waals surface area contributed by atoms with Crippen molar-refractivity contribution in [1.29, 1.82) is 0 Å². The zero-order valence-corrected chi connectivity index (χ0v) is 19.8. The zero-order chi connectivity index (χ0) is 22.5. The van der Waals surface area contributed by atoms with E-state index < -0.39 is 0 Å². The summed E-state index contributed by atoms with van der Waals surface area (Å²) in [6.45, 7) is 13.0. The summed E-state index contributed by atoms with van der Waals surface area (Å²) in [5.41, 5.74) is -0.198. The molecule has 0 aromatic heterocycles.